The zero-order valence-corrected chi connectivity index (χ0v) is 5.59. The van der Waals surface area contributed by atoms with Crippen LogP contribution >= 0.6 is 0 Å². The van der Waals surface area contributed by atoms with Crippen LogP contribution in [-0.2, 0) is 4.79 Å². The van der Waals surface area contributed by atoms with Crippen molar-refractivity contribution in [1.82, 2.24) is 0 Å². The van der Waals surface area contributed by atoms with Gasteiger partial charge in [-0.05, 0) is 12.5 Å². The first-order valence-corrected chi connectivity index (χ1v) is 2.62. The van der Waals surface area contributed by atoms with Crippen molar-refractivity contribution in [1.29, 1.82) is 0 Å². The van der Waals surface area contributed by atoms with Crippen LogP contribution in [0.4, 0.5) is 0 Å². The molecule has 1 unspecified atom stereocenters. The van der Waals surface area contributed by atoms with Gasteiger partial charge in [0.05, 0.1) is 0 Å². The standard InChI is InChI=1S/C7H8O3/c1-5(2)6(8)3-4-7(9)10/h6,8H,1H2,2H3,(H,9,10). The van der Waals surface area contributed by atoms with Gasteiger partial charge in [0.25, 0.3) is 0 Å². The van der Waals surface area contributed by atoms with Gasteiger partial charge in [0.2, 0.25) is 0 Å². The van der Waals surface area contributed by atoms with Crippen LogP contribution in [0.3, 0.4) is 0 Å². The highest BCUT2D eigenvalue weighted by molar-refractivity contribution is 5.86. The van der Waals surface area contributed by atoms with Gasteiger partial charge >= 0.3 is 5.97 Å². The summed E-state index contributed by atoms with van der Waals surface area (Å²) < 4.78 is 0. The second-order valence-electron chi connectivity index (χ2n) is 1.82. The molecule has 0 aliphatic rings. The van der Waals surface area contributed by atoms with Gasteiger partial charge in [-0.3, -0.25) is 0 Å². The Balaban J connectivity index is 4.05. The third kappa shape index (κ3) is 3.70. The Morgan fingerprint density at radius 3 is 2.50 bits per heavy atom. The van der Waals surface area contributed by atoms with Crippen molar-refractivity contribution in [2.75, 3.05) is 0 Å². The van der Waals surface area contributed by atoms with Gasteiger partial charge < -0.3 is 10.2 Å². The number of hydrogen-bond acceptors (Lipinski definition) is 2. The fourth-order valence-electron chi connectivity index (χ4n) is 0.253. The second-order valence-corrected chi connectivity index (χ2v) is 1.82. The number of carbonyl (C=O) groups is 1. The maximum Gasteiger partial charge on any atom is 0.382 e. The van der Waals surface area contributed by atoms with E-state index in [1.54, 1.807) is 12.8 Å². The van der Waals surface area contributed by atoms with Crippen molar-refractivity contribution in [3.8, 4) is 11.8 Å². The van der Waals surface area contributed by atoms with E-state index >= 15 is 0 Å². The molecule has 3 heteroatoms. The third-order valence-corrected chi connectivity index (χ3v) is 0.783. The van der Waals surface area contributed by atoms with Gasteiger partial charge in [-0.2, -0.15) is 0 Å². The number of rotatable bonds is 1. The Morgan fingerprint density at radius 1 is 1.70 bits per heavy atom. The maximum absolute atomic E-state index is 9.81. The van der Waals surface area contributed by atoms with Crippen LogP contribution < -0.4 is 0 Å². The molecule has 0 aromatic rings. The molecule has 0 saturated heterocycles. The molecule has 0 spiro atoms. The smallest absolute Gasteiger partial charge is 0.382 e. The van der Waals surface area contributed by atoms with Gasteiger partial charge in [0.1, 0.15) is 6.10 Å². The van der Waals surface area contributed by atoms with Crippen molar-refractivity contribution in [3.63, 3.8) is 0 Å². The summed E-state index contributed by atoms with van der Waals surface area (Å²) >= 11 is 0. The monoisotopic (exact) mass is 140 g/mol. The van der Waals surface area contributed by atoms with Crippen LogP contribution in [0, 0.1) is 11.8 Å². The number of hydrogen-bond donors (Lipinski definition) is 2. The summed E-state index contributed by atoms with van der Waals surface area (Å²) in [7, 11) is 0. The Labute approximate surface area is 59.0 Å². The highest BCUT2D eigenvalue weighted by Gasteiger charge is 1.97. The van der Waals surface area contributed by atoms with E-state index in [0.29, 0.717) is 5.57 Å². The van der Waals surface area contributed by atoms with E-state index in [1.807, 2.05) is 0 Å². The summed E-state index contributed by atoms with van der Waals surface area (Å²) in [4.78, 5) is 9.81. The van der Waals surface area contributed by atoms with Crippen molar-refractivity contribution in [3.05, 3.63) is 12.2 Å². The first-order valence-electron chi connectivity index (χ1n) is 2.62. The van der Waals surface area contributed by atoms with Crippen LogP contribution in [0.1, 0.15) is 6.92 Å². The molecule has 0 radical (unpaired) electrons. The van der Waals surface area contributed by atoms with Crippen LogP contribution in [0.5, 0.6) is 0 Å². The average Bonchev–Trinajstić information content (AvgIpc) is 1.82. The summed E-state index contributed by atoms with van der Waals surface area (Å²) in [6, 6.07) is 0. The van der Waals surface area contributed by atoms with Crippen LogP contribution in [-0.4, -0.2) is 22.3 Å². The summed E-state index contributed by atoms with van der Waals surface area (Å²) in [6.45, 7) is 4.96. The molecule has 54 valence electrons. The van der Waals surface area contributed by atoms with E-state index in [9.17, 15) is 4.79 Å². The lowest BCUT2D eigenvalue weighted by Gasteiger charge is -1.97. The molecule has 10 heavy (non-hydrogen) atoms. The molecule has 0 fully saturated rings. The van der Waals surface area contributed by atoms with Crippen LogP contribution in [0.2, 0.25) is 0 Å². The van der Waals surface area contributed by atoms with E-state index in [-0.39, 0.29) is 0 Å². The van der Waals surface area contributed by atoms with Gasteiger partial charge in [-0.1, -0.05) is 12.5 Å². The molecule has 0 aliphatic heterocycles. The highest BCUT2D eigenvalue weighted by Crippen LogP contribution is 1.93. The van der Waals surface area contributed by atoms with Crippen molar-refractivity contribution in [2.45, 2.75) is 13.0 Å². The maximum atomic E-state index is 9.81. The molecule has 0 aromatic heterocycles. The van der Waals surface area contributed by atoms with Gasteiger partial charge in [-0.15, -0.1) is 0 Å². The van der Waals surface area contributed by atoms with Gasteiger partial charge in [0.15, 0.2) is 0 Å². The fourth-order valence-corrected chi connectivity index (χ4v) is 0.253. The number of aliphatic hydroxyl groups excluding tert-OH is 1. The van der Waals surface area contributed by atoms with E-state index in [0.717, 1.165) is 0 Å². The third-order valence-electron chi connectivity index (χ3n) is 0.783. The second kappa shape index (κ2) is 3.70. The first kappa shape index (κ1) is 8.73. The number of carboxylic acids is 1. The van der Waals surface area contributed by atoms with Crippen molar-refractivity contribution in [2.24, 2.45) is 0 Å². The lowest BCUT2D eigenvalue weighted by atomic mass is 10.2. The minimum Gasteiger partial charge on any atom is -0.472 e. The summed E-state index contributed by atoms with van der Waals surface area (Å²) in [6.07, 6.45) is -1.03. The minimum absolute atomic E-state index is 0.439. The molecule has 0 rings (SSSR count). The average molecular weight is 140 g/mol. The lowest BCUT2D eigenvalue weighted by Crippen LogP contribution is -2.03. The van der Waals surface area contributed by atoms with E-state index in [4.69, 9.17) is 10.2 Å². The Morgan fingerprint density at radius 2 is 2.20 bits per heavy atom. The van der Waals surface area contributed by atoms with Gasteiger partial charge in [-0.25, -0.2) is 4.79 Å². The largest absolute Gasteiger partial charge is 0.472 e. The fraction of sp³-hybridized carbons (Fsp3) is 0.286. The van der Waals surface area contributed by atoms with Crippen LogP contribution in [0.25, 0.3) is 0 Å². The Kier molecular flexibility index (Phi) is 3.23. The zero-order chi connectivity index (χ0) is 8.15. The summed E-state index contributed by atoms with van der Waals surface area (Å²) in [5.41, 5.74) is 0.439. The first-order chi connectivity index (χ1) is 4.54. The predicted molar refractivity (Wildman–Crippen MR) is 36.2 cm³/mol. The zero-order valence-electron chi connectivity index (χ0n) is 5.59. The summed E-state index contributed by atoms with van der Waals surface area (Å²) in [5, 5.41) is 16.9. The van der Waals surface area contributed by atoms with Crippen molar-refractivity contribution < 1.29 is 15.0 Å². The number of carboxylic acid groups (broad SMARTS) is 1. The Bertz CT molecular complexity index is 207. The van der Waals surface area contributed by atoms with Gasteiger partial charge in [0, 0.05) is 5.92 Å². The number of aliphatic hydroxyl groups is 1. The number of aliphatic carboxylic acids is 1. The quantitative estimate of drug-likeness (QED) is 0.398. The summed E-state index contributed by atoms with van der Waals surface area (Å²) in [5.74, 6) is 2.62. The molecule has 0 saturated carbocycles. The van der Waals surface area contributed by atoms with Crippen LogP contribution in [0.15, 0.2) is 12.2 Å². The Hall–Kier alpha value is -1.27. The molecule has 0 amide bonds. The van der Waals surface area contributed by atoms with E-state index in [1.165, 1.54) is 0 Å². The molecule has 3 nitrogen and oxygen atoms in total. The molecule has 2 N–H and O–H groups in total. The topological polar surface area (TPSA) is 57.5 Å². The van der Waals surface area contributed by atoms with E-state index in [2.05, 4.69) is 12.5 Å². The lowest BCUT2D eigenvalue weighted by molar-refractivity contribution is -0.130. The highest BCUT2D eigenvalue weighted by atomic mass is 16.4. The molecular weight excluding hydrogens is 132 g/mol. The molecule has 1 atom stereocenters. The minimum atomic E-state index is -1.25. The molecule has 0 aromatic carbocycles. The SMILES string of the molecule is C=C(C)C(O)C#CC(=O)O. The van der Waals surface area contributed by atoms with Crippen molar-refractivity contribution >= 4 is 5.97 Å². The molecule has 0 heterocycles. The molecule has 0 aliphatic carbocycles. The van der Waals surface area contributed by atoms with E-state index < -0.39 is 12.1 Å². The normalized spacial score (nSPS) is 11.0. The predicted octanol–water partition coefficient (Wildman–Crippen LogP) is 0.0114. The molecular formula is C7H8O3. The molecule has 0 bridgehead atoms.